The van der Waals surface area contributed by atoms with Crippen molar-refractivity contribution < 1.29 is 0 Å². The van der Waals surface area contributed by atoms with Crippen molar-refractivity contribution in [1.82, 2.24) is 9.55 Å². The Bertz CT molecular complexity index is 545. The molecule has 1 aromatic heterocycles. The van der Waals surface area contributed by atoms with Crippen LogP contribution in [0.15, 0.2) is 30.6 Å². The molecule has 2 aromatic rings. The number of aryl methyl sites for hydroxylation is 1. The van der Waals surface area contributed by atoms with Gasteiger partial charge in [-0.3, -0.25) is 0 Å². The quantitative estimate of drug-likeness (QED) is 0.712. The van der Waals surface area contributed by atoms with Gasteiger partial charge in [-0.25, -0.2) is 4.98 Å². The zero-order valence-corrected chi connectivity index (χ0v) is 12.1. The van der Waals surface area contributed by atoms with Gasteiger partial charge in [0.25, 0.3) is 0 Å². The molecule has 1 atom stereocenters. The monoisotopic (exact) mass is 252 g/mol. The molecule has 0 bridgehead atoms. The van der Waals surface area contributed by atoms with Gasteiger partial charge in [-0.1, -0.05) is 44.4 Å². The van der Waals surface area contributed by atoms with Crippen molar-refractivity contribution in [3.8, 4) is 11.4 Å². The average Bonchev–Trinajstić information content (AvgIpc) is 2.87. The molecule has 2 radical (unpaired) electrons. The third-order valence-corrected chi connectivity index (χ3v) is 3.66. The van der Waals surface area contributed by atoms with Crippen LogP contribution in [-0.4, -0.2) is 17.4 Å². The van der Waals surface area contributed by atoms with Gasteiger partial charge in [0, 0.05) is 24.0 Å². The predicted molar refractivity (Wildman–Crippen MR) is 82.0 cm³/mol. The second kappa shape index (κ2) is 6.09. The normalized spacial score (nSPS) is 16.7. The molecule has 0 saturated heterocycles. The summed E-state index contributed by atoms with van der Waals surface area (Å²) in [5.41, 5.74) is 3.38. The average molecular weight is 252 g/mol. The highest BCUT2D eigenvalue weighted by Gasteiger charge is 2.20. The Morgan fingerprint density at radius 2 is 2.16 bits per heavy atom. The molecule has 3 rings (SSSR count). The van der Waals surface area contributed by atoms with Crippen LogP contribution in [0, 0.1) is 0 Å². The minimum atomic E-state index is 0.557. The van der Waals surface area contributed by atoms with E-state index in [2.05, 4.69) is 28.7 Å². The Labute approximate surface area is 117 Å². The fourth-order valence-electron chi connectivity index (χ4n) is 2.70. The zero-order valence-electron chi connectivity index (χ0n) is 12.1. The predicted octanol–water partition coefficient (Wildman–Crippen LogP) is 3.27. The molecule has 1 aliphatic rings. The lowest BCUT2D eigenvalue weighted by Crippen LogP contribution is -2.07. The first-order valence-electron chi connectivity index (χ1n) is 7.21. The number of imidazole rings is 1. The fourth-order valence-corrected chi connectivity index (χ4v) is 2.70. The van der Waals surface area contributed by atoms with Gasteiger partial charge in [0.05, 0.1) is 0 Å². The van der Waals surface area contributed by atoms with Crippen molar-refractivity contribution >= 4 is 13.3 Å². The highest BCUT2D eigenvalue weighted by molar-refractivity contribution is 6.32. The third kappa shape index (κ3) is 2.60. The lowest BCUT2D eigenvalue weighted by molar-refractivity contribution is 0.463. The summed E-state index contributed by atoms with van der Waals surface area (Å²) in [6, 6.07) is 6.73. The topological polar surface area (TPSA) is 17.8 Å². The second-order valence-corrected chi connectivity index (χ2v) is 4.68. The van der Waals surface area contributed by atoms with Crippen molar-refractivity contribution in [2.75, 3.05) is 0 Å². The first kappa shape index (κ1) is 13.9. The molecule has 0 spiro atoms. The summed E-state index contributed by atoms with van der Waals surface area (Å²) in [7, 11) is 5.89. The molecule has 1 unspecified atom stereocenters. The number of hydrogen-bond donors (Lipinski definition) is 0. The maximum atomic E-state index is 5.89. The molecule has 98 valence electrons. The number of fused-ring (bicyclic) bond motifs is 3. The van der Waals surface area contributed by atoms with E-state index in [1.54, 1.807) is 0 Å². The van der Waals surface area contributed by atoms with Gasteiger partial charge in [0.2, 0.25) is 0 Å². The van der Waals surface area contributed by atoms with E-state index in [4.69, 9.17) is 7.85 Å². The van der Waals surface area contributed by atoms with Gasteiger partial charge in [-0.15, -0.1) is 0 Å². The van der Waals surface area contributed by atoms with E-state index in [-0.39, 0.29) is 0 Å². The van der Waals surface area contributed by atoms with E-state index in [9.17, 15) is 0 Å². The highest BCUT2D eigenvalue weighted by atomic mass is 15.1. The second-order valence-electron chi connectivity index (χ2n) is 4.68. The molecule has 0 N–H and O–H groups in total. The maximum Gasteiger partial charge on any atom is 0.140 e. The standard InChI is InChI=1S/C14H15BN2.C2H6/c1-2-12-6-4-10-3-5-11(15)9-13(10)14-16-7-8-17(12)14;1-2/h3,5,7-9,12H,2,4,6H2,1H3;1-2H3. The van der Waals surface area contributed by atoms with E-state index in [1.807, 2.05) is 32.2 Å². The molecule has 0 fully saturated rings. The summed E-state index contributed by atoms with van der Waals surface area (Å²) in [5, 5.41) is 0. The lowest BCUT2D eigenvalue weighted by Gasteiger charge is -2.15. The molecule has 19 heavy (non-hydrogen) atoms. The van der Waals surface area contributed by atoms with Crippen LogP contribution in [0.5, 0.6) is 0 Å². The Morgan fingerprint density at radius 3 is 2.89 bits per heavy atom. The van der Waals surface area contributed by atoms with E-state index in [1.165, 1.54) is 17.5 Å². The minimum absolute atomic E-state index is 0.557. The van der Waals surface area contributed by atoms with Crippen molar-refractivity contribution in [2.45, 2.75) is 46.1 Å². The van der Waals surface area contributed by atoms with Gasteiger partial charge in [-0.05, 0) is 24.8 Å². The largest absolute Gasteiger partial charge is 0.328 e. The summed E-state index contributed by atoms with van der Waals surface area (Å²) < 4.78 is 2.30. The number of benzene rings is 1. The molecule has 2 heterocycles. The van der Waals surface area contributed by atoms with Crippen LogP contribution in [-0.2, 0) is 6.42 Å². The first-order chi connectivity index (χ1) is 9.29. The van der Waals surface area contributed by atoms with E-state index in [0.717, 1.165) is 24.1 Å². The Hall–Kier alpha value is -1.51. The van der Waals surface area contributed by atoms with Crippen LogP contribution < -0.4 is 5.46 Å². The van der Waals surface area contributed by atoms with Crippen LogP contribution in [0.1, 0.15) is 45.2 Å². The van der Waals surface area contributed by atoms with E-state index >= 15 is 0 Å². The molecule has 1 aliphatic heterocycles. The molecule has 0 amide bonds. The van der Waals surface area contributed by atoms with Crippen molar-refractivity contribution in [3.05, 3.63) is 36.2 Å². The number of aromatic nitrogens is 2. The molecule has 3 heteroatoms. The first-order valence-corrected chi connectivity index (χ1v) is 7.21. The summed E-state index contributed by atoms with van der Waals surface area (Å²) in [4.78, 5) is 4.50. The molecular formula is C16H21BN2. The van der Waals surface area contributed by atoms with Gasteiger partial charge < -0.3 is 4.57 Å². The summed E-state index contributed by atoms with van der Waals surface area (Å²) in [5.74, 6) is 1.07. The molecule has 0 aliphatic carbocycles. The summed E-state index contributed by atoms with van der Waals surface area (Å²) in [6.07, 6.45) is 7.40. The van der Waals surface area contributed by atoms with Crippen LogP contribution in [0.2, 0.25) is 0 Å². The highest BCUT2D eigenvalue weighted by Crippen LogP contribution is 2.32. The van der Waals surface area contributed by atoms with Crippen LogP contribution in [0.4, 0.5) is 0 Å². The smallest absolute Gasteiger partial charge is 0.140 e. The zero-order chi connectivity index (χ0) is 13.8. The fraction of sp³-hybridized carbons (Fsp3) is 0.438. The Kier molecular flexibility index (Phi) is 4.46. The van der Waals surface area contributed by atoms with Crippen molar-refractivity contribution in [1.29, 1.82) is 0 Å². The summed E-state index contributed by atoms with van der Waals surface area (Å²) in [6.45, 7) is 6.23. The van der Waals surface area contributed by atoms with Gasteiger partial charge in [-0.2, -0.15) is 0 Å². The molecular weight excluding hydrogens is 231 g/mol. The Morgan fingerprint density at radius 1 is 1.37 bits per heavy atom. The number of rotatable bonds is 1. The number of nitrogens with zero attached hydrogens (tertiary/aromatic N) is 2. The maximum absolute atomic E-state index is 5.89. The van der Waals surface area contributed by atoms with Crippen molar-refractivity contribution in [3.63, 3.8) is 0 Å². The minimum Gasteiger partial charge on any atom is -0.328 e. The van der Waals surface area contributed by atoms with Gasteiger partial charge >= 0.3 is 0 Å². The molecule has 2 nitrogen and oxygen atoms in total. The molecule has 1 aromatic carbocycles. The van der Waals surface area contributed by atoms with Crippen LogP contribution >= 0.6 is 0 Å². The van der Waals surface area contributed by atoms with E-state index < -0.39 is 0 Å². The SMILES string of the molecule is CC.[B]c1ccc2c(c1)-c1nccn1C(CC)CC2. The lowest BCUT2D eigenvalue weighted by atomic mass is 9.90. The van der Waals surface area contributed by atoms with E-state index in [0.29, 0.717) is 6.04 Å². The summed E-state index contributed by atoms with van der Waals surface area (Å²) >= 11 is 0. The van der Waals surface area contributed by atoms with Gasteiger partial charge in [0.15, 0.2) is 0 Å². The van der Waals surface area contributed by atoms with Crippen molar-refractivity contribution in [2.24, 2.45) is 0 Å². The van der Waals surface area contributed by atoms with Crippen LogP contribution in [0.3, 0.4) is 0 Å². The molecule has 0 saturated carbocycles. The van der Waals surface area contributed by atoms with Gasteiger partial charge in [0.1, 0.15) is 13.7 Å². The number of hydrogen-bond acceptors (Lipinski definition) is 1. The van der Waals surface area contributed by atoms with Crippen LogP contribution in [0.25, 0.3) is 11.4 Å². The Balaban J connectivity index is 0.000000637. The third-order valence-electron chi connectivity index (χ3n) is 3.66.